The number of aliphatic hydroxyl groups is 1. The molecule has 15 heavy (non-hydrogen) atoms. The maximum absolute atomic E-state index is 11.4. The van der Waals surface area contributed by atoms with Crippen molar-refractivity contribution in [1.82, 2.24) is 0 Å². The molecule has 0 aliphatic carbocycles. The van der Waals surface area contributed by atoms with E-state index >= 15 is 0 Å². The van der Waals surface area contributed by atoms with Gasteiger partial charge in [-0.05, 0) is 24.6 Å². The van der Waals surface area contributed by atoms with Crippen LogP contribution in [0.15, 0.2) is 42.0 Å². The summed E-state index contributed by atoms with van der Waals surface area (Å²) in [4.78, 5) is 11.4. The van der Waals surface area contributed by atoms with E-state index in [9.17, 15) is 4.79 Å². The molecule has 1 N–H and O–H groups in total. The first-order valence-corrected chi connectivity index (χ1v) is 4.72. The highest BCUT2D eigenvalue weighted by Gasteiger charge is 2.05. The molecular formula is C12H14O3. The van der Waals surface area contributed by atoms with E-state index in [0.29, 0.717) is 5.56 Å². The van der Waals surface area contributed by atoms with Crippen molar-refractivity contribution in [3.63, 3.8) is 0 Å². The largest absolute Gasteiger partial charge is 0.458 e. The molecule has 1 rings (SSSR count). The van der Waals surface area contributed by atoms with E-state index in [2.05, 4.69) is 0 Å². The second-order valence-electron chi connectivity index (χ2n) is 3.18. The van der Waals surface area contributed by atoms with Gasteiger partial charge in [0.1, 0.15) is 6.61 Å². The highest BCUT2D eigenvalue weighted by Crippen LogP contribution is 2.02. The van der Waals surface area contributed by atoms with Crippen molar-refractivity contribution in [2.75, 3.05) is 13.2 Å². The first kappa shape index (κ1) is 11.5. The van der Waals surface area contributed by atoms with Crippen LogP contribution in [0, 0.1) is 0 Å². The summed E-state index contributed by atoms with van der Waals surface area (Å²) in [5, 5.41) is 8.60. The molecule has 0 fully saturated rings. The molecular weight excluding hydrogens is 192 g/mol. The van der Waals surface area contributed by atoms with Crippen molar-refractivity contribution in [3.8, 4) is 0 Å². The Morgan fingerprint density at radius 1 is 1.40 bits per heavy atom. The third-order valence-electron chi connectivity index (χ3n) is 1.88. The summed E-state index contributed by atoms with van der Waals surface area (Å²) < 4.78 is 5.02. The predicted molar refractivity (Wildman–Crippen MR) is 57.6 cm³/mol. The van der Waals surface area contributed by atoms with Gasteiger partial charge in [-0.2, -0.15) is 0 Å². The van der Waals surface area contributed by atoms with E-state index < -0.39 is 0 Å². The minimum atomic E-state index is -0.346. The molecule has 0 aliphatic heterocycles. The molecule has 0 heterocycles. The van der Waals surface area contributed by atoms with Crippen molar-refractivity contribution >= 4 is 5.97 Å². The van der Waals surface area contributed by atoms with Gasteiger partial charge in [0.05, 0.1) is 12.2 Å². The minimum Gasteiger partial charge on any atom is -0.458 e. The molecule has 1 aromatic carbocycles. The number of benzene rings is 1. The third kappa shape index (κ3) is 3.95. The lowest BCUT2D eigenvalue weighted by atomic mass is 10.2. The third-order valence-corrected chi connectivity index (χ3v) is 1.88. The van der Waals surface area contributed by atoms with E-state index in [1.807, 2.05) is 6.07 Å². The average Bonchev–Trinajstić information content (AvgIpc) is 2.27. The molecule has 0 amide bonds. The summed E-state index contributed by atoms with van der Waals surface area (Å²) in [6.45, 7) is 1.98. The molecule has 0 saturated heterocycles. The fraction of sp³-hybridized carbons (Fsp3) is 0.250. The Morgan fingerprint density at radius 3 is 2.67 bits per heavy atom. The van der Waals surface area contributed by atoms with Gasteiger partial charge >= 0.3 is 5.97 Å². The van der Waals surface area contributed by atoms with Crippen molar-refractivity contribution in [3.05, 3.63) is 47.5 Å². The maximum atomic E-state index is 11.4. The van der Waals surface area contributed by atoms with Gasteiger partial charge in [0.2, 0.25) is 0 Å². The highest BCUT2D eigenvalue weighted by atomic mass is 16.5. The van der Waals surface area contributed by atoms with Gasteiger partial charge in [-0.25, -0.2) is 4.79 Å². The number of ether oxygens (including phenoxy) is 1. The van der Waals surface area contributed by atoms with Crippen LogP contribution in [-0.2, 0) is 4.74 Å². The fourth-order valence-electron chi connectivity index (χ4n) is 1.05. The number of esters is 1. The summed E-state index contributed by atoms with van der Waals surface area (Å²) in [6, 6.07) is 8.81. The van der Waals surface area contributed by atoms with Crippen LogP contribution in [0.2, 0.25) is 0 Å². The molecule has 0 aromatic heterocycles. The van der Waals surface area contributed by atoms with E-state index in [1.165, 1.54) is 0 Å². The van der Waals surface area contributed by atoms with Crippen LogP contribution >= 0.6 is 0 Å². The molecule has 80 valence electrons. The molecule has 0 aliphatic rings. The Kier molecular flexibility index (Phi) is 4.57. The lowest BCUT2D eigenvalue weighted by Gasteiger charge is -2.04. The van der Waals surface area contributed by atoms with Crippen LogP contribution < -0.4 is 0 Å². The summed E-state index contributed by atoms with van der Waals surface area (Å²) in [7, 11) is 0. The van der Waals surface area contributed by atoms with Gasteiger partial charge in [-0.3, -0.25) is 0 Å². The Balaban J connectivity index is 2.47. The van der Waals surface area contributed by atoms with Crippen LogP contribution in [0.1, 0.15) is 17.3 Å². The van der Waals surface area contributed by atoms with Crippen LogP contribution in [0.5, 0.6) is 0 Å². The molecule has 0 spiro atoms. The standard InChI is InChI=1S/C12H14O3/c1-10(7-8-13)9-15-12(14)11-5-3-2-4-6-11/h2-7,13H,8-9H2,1H3. The summed E-state index contributed by atoms with van der Waals surface area (Å²) in [5.74, 6) is -0.346. The van der Waals surface area contributed by atoms with Gasteiger partial charge in [-0.15, -0.1) is 0 Å². The van der Waals surface area contributed by atoms with Gasteiger partial charge in [0.25, 0.3) is 0 Å². The monoisotopic (exact) mass is 206 g/mol. The maximum Gasteiger partial charge on any atom is 0.338 e. The normalized spacial score (nSPS) is 11.2. The number of aliphatic hydroxyl groups excluding tert-OH is 1. The Morgan fingerprint density at radius 2 is 2.07 bits per heavy atom. The van der Waals surface area contributed by atoms with Crippen molar-refractivity contribution in [1.29, 1.82) is 0 Å². The van der Waals surface area contributed by atoms with Gasteiger partial charge in [-0.1, -0.05) is 24.3 Å². The number of carbonyl (C=O) groups excluding carboxylic acids is 1. The summed E-state index contributed by atoms with van der Waals surface area (Å²) >= 11 is 0. The zero-order valence-electron chi connectivity index (χ0n) is 8.64. The zero-order chi connectivity index (χ0) is 11.1. The van der Waals surface area contributed by atoms with Crippen LogP contribution in [0.3, 0.4) is 0 Å². The number of rotatable bonds is 4. The Hall–Kier alpha value is -1.61. The summed E-state index contributed by atoms with van der Waals surface area (Å²) in [5.41, 5.74) is 1.37. The van der Waals surface area contributed by atoms with E-state index in [-0.39, 0.29) is 19.2 Å². The van der Waals surface area contributed by atoms with Crippen molar-refractivity contribution in [2.45, 2.75) is 6.92 Å². The smallest absolute Gasteiger partial charge is 0.338 e. The number of hydrogen-bond acceptors (Lipinski definition) is 3. The average molecular weight is 206 g/mol. The molecule has 3 heteroatoms. The van der Waals surface area contributed by atoms with Crippen molar-refractivity contribution in [2.24, 2.45) is 0 Å². The summed E-state index contributed by atoms with van der Waals surface area (Å²) in [6.07, 6.45) is 1.61. The topological polar surface area (TPSA) is 46.5 Å². The Bertz CT molecular complexity index is 341. The van der Waals surface area contributed by atoms with Crippen LogP contribution in [0.4, 0.5) is 0 Å². The lowest BCUT2D eigenvalue weighted by Crippen LogP contribution is -2.07. The van der Waals surface area contributed by atoms with E-state index in [4.69, 9.17) is 9.84 Å². The van der Waals surface area contributed by atoms with Gasteiger partial charge in [0, 0.05) is 0 Å². The molecule has 0 atom stereocenters. The number of carbonyl (C=O) groups is 1. The van der Waals surface area contributed by atoms with Gasteiger partial charge < -0.3 is 9.84 Å². The van der Waals surface area contributed by atoms with Crippen molar-refractivity contribution < 1.29 is 14.6 Å². The molecule has 1 aromatic rings. The molecule has 0 unspecified atom stereocenters. The Labute approximate surface area is 89.0 Å². The van der Waals surface area contributed by atoms with Gasteiger partial charge in [0.15, 0.2) is 0 Å². The predicted octanol–water partition coefficient (Wildman–Crippen LogP) is 1.78. The lowest BCUT2D eigenvalue weighted by molar-refractivity contribution is 0.0539. The van der Waals surface area contributed by atoms with Crippen LogP contribution in [0.25, 0.3) is 0 Å². The second-order valence-corrected chi connectivity index (χ2v) is 3.18. The molecule has 0 bridgehead atoms. The van der Waals surface area contributed by atoms with E-state index in [0.717, 1.165) is 5.57 Å². The quantitative estimate of drug-likeness (QED) is 0.603. The number of hydrogen-bond donors (Lipinski definition) is 1. The SMILES string of the molecule is CC(=CCO)COC(=O)c1ccccc1. The molecule has 0 saturated carbocycles. The molecule has 3 nitrogen and oxygen atoms in total. The second kappa shape index (κ2) is 5.98. The molecule has 0 radical (unpaired) electrons. The zero-order valence-corrected chi connectivity index (χ0v) is 8.64. The van der Waals surface area contributed by atoms with Crippen LogP contribution in [-0.4, -0.2) is 24.3 Å². The highest BCUT2D eigenvalue weighted by molar-refractivity contribution is 5.89. The first-order chi connectivity index (χ1) is 7.24. The first-order valence-electron chi connectivity index (χ1n) is 4.72. The van der Waals surface area contributed by atoms with E-state index in [1.54, 1.807) is 37.3 Å². The fourth-order valence-corrected chi connectivity index (χ4v) is 1.05. The minimum absolute atomic E-state index is 0.0330.